The van der Waals surface area contributed by atoms with E-state index in [-0.39, 0.29) is 33.6 Å². The number of hydrogen-bond acceptors (Lipinski definition) is 5. The highest BCUT2D eigenvalue weighted by Crippen LogP contribution is 2.27. The Morgan fingerprint density at radius 1 is 1.15 bits per heavy atom. The average Bonchev–Trinajstić information content (AvgIpc) is 2.91. The molecule has 0 bridgehead atoms. The van der Waals surface area contributed by atoms with Crippen LogP contribution < -0.4 is 16.6 Å². The number of nitrogens with two attached hydrogens (primary N) is 1. The molecule has 0 radical (unpaired) electrons. The van der Waals surface area contributed by atoms with Gasteiger partial charge in [-0.1, -0.05) is 11.6 Å². The van der Waals surface area contributed by atoms with Crippen LogP contribution in [-0.2, 0) is 0 Å². The molecule has 0 atom stereocenters. The summed E-state index contributed by atoms with van der Waals surface area (Å²) in [5, 5.41) is 2.27. The van der Waals surface area contributed by atoms with Crippen molar-refractivity contribution in [1.82, 2.24) is 14.8 Å². The first-order chi connectivity index (χ1) is 12.8. The molecular formula is C18H17ClN4O4. The van der Waals surface area contributed by atoms with Gasteiger partial charge in [0.05, 0.1) is 21.8 Å². The smallest absolute Gasteiger partial charge is 0.262 e. The lowest BCUT2D eigenvalue weighted by Crippen LogP contribution is -2.31. The van der Waals surface area contributed by atoms with Crippen molar-refractivity contribution in [2.45, 2.75) is 13.8 Å². The standard InChI is InChI=1S/C18H17ClN4O4/c1-3-22(4-2)18(27)9-5-6-11(19)12(7-9)23-13(24)8-10-14(15(23)20)17(26)21-16(10)25/h5-8H,3-4,20H2,1-2H3,(H,21,25,26). The molecule has 1 aromatic heterocycles. The summed E-state index contributed by atoms with van der Waals surface area (Å²) >= 11 is 6.24. The molecule has 140 valence electrons. The van der Waals surface area contributed by atoms with E-state index in [1.807, 2.05) is 13.8 Å². The highest BCUT2D eigenvalue weighted by Gasteiger charge is 2.32. The predicted molar refractivity (Wildman–Crippen MR) is 101 cm³/mol. The molecular weight excluding hydrogens is 372 g/mol. The third kappa shape index (κ3) is 2.97. The van der Waals surface area contributed by atoms with Gasteiger partial charge < -0.3 is 10.6 Å². The molecule has 2 heterocycles. The first kappa shape index (κ1) is 18.7. The quantitative estimate of drug-likeness (QED) is 0.769. The molecule has 3 amide bonds. The van der Waals surface area contributed by atoms with E-state index < -0.39 is 17.4 Å². The van der Waals surface area contributed by atoms with Gasteiger partial charge in [0.15, 0.2) is 0 Å². The monoisotopic (exact) mass is 388 g/mol. The largest absolute Gasteiger partial charge is 0.384 e. The van der Waals surface area contributed by atoms with Gasteiger partial charge in [-0.2, -0.15) is 0 Å². The number of hydrogen-bond donors (Lipinski definition) is 2. The number of rotatable bonds is 4. The second-order valence-corrected chi connectivity index (χ2v) is 6.33. The maximum Gasteiger partial charge on any atom is 0.262 e. The molecule has 0 saturated carbocycles. The topological polar surface area (TPSA) is 114 Å². The minimum atomic E-state index is -0.687. The third-order valence-corrected chi connectivity index (χ3v) is 4.76. The van der Waals surface area contributed by atoms with Crippen LogP contribution in [0.5, 0.6) is 0 Å². The zero-order chi connectivity index (χ0) is 19.9. The number of amides is 3. The van der Waals surface area contributed by atoms with Crippen LogP contribution in [-0.4, -0.2) is 40.3 Å². The van der Waals surface area contributed by atoms with Crippen molar-refractivity contribution in [3.05, 3.63) is 56.3 Å². The maximum atomic E-state index is 12.6. The Morgan fingerprint density at radius 3 is 2.44 bits per heavy atom. The molecule has 0 fully saturated rings. The Kier molecular flexibility index (Phi) is 4.75. The molecule has 27 heavy (non-hydrogen) atoms. The third-order valence-electron chi connectivity index (χ3n) is 4.44. The zero-order valence-corrected chi connectivity index (χ0v) is 15.5. The minimum absolute atomic E-state index is 0.0785. The van der Waals surface area contributed by atoms with Gasteiger partial charge in [-0.05, 0) is 32.0 Å². The minimum Gasteiger partial charge on any atom is -0.384 e. The van der Waals surface area contributed by atoms with Crippen LogP contribution in [0.1, 0.15) is 44.9 Å². The molecule has 2 aromatic rings. The van der Waals surface area contributed by atoms with Crippen molar-refractivity contribution in [3.63, 3.8) is 0 Å². The molecule has 0 aliphatic carbocycles. The number of carbonyl (C=O) groups is 3. The van der Waals surface area contributed by atoms with Crippen LogP contribution in [0.25, 0.3) is 5.69 Å². The van der Waals surface area contributed by atoms with E-state index >= 15 is 0 Å². The van der Waals surface area contributed by atoms with Gasteiger partial charge in [-0.15, -0.1) is 0 Å². The second-order valence-electron chi connectivity index (χ2n) is 5.92. The normalized spacial score (nSPS) is 12.7. The van der Waals surface area contributed by atoms with Crippen LogP contribution in [0.4, 0.5) is 5.82 Å². The average molecular weight is 389 g/mol. The van der Waals surface area contributed by atoms with Gasteiger partial charge in [0.2, 0.25) is 0 Å². The van der Waals surface area contributed by atoms with Crippen LogP contribution >= 0.6 is 11.6 Å². The van der Waals surface area contributed by atoms with Gasteiger partial charge in [0.25, 0.3) is 23.3 Å². The van der Waals surface area contributed by atoms with Crippen molar-refractivity contribution < 1.29 is 14.4 Å². The van der Waals surface area contributed by atoms with E-state index in [0.717, 1.165) is 10.6 Å². The van der Waals surface area contributed by atoms with Gasteiger partial charge in [-0.3, -0.25) is 29.1 Å². The van der Waals surface area contributed by atoms with Gasteiger partial charge in [-0.25, -0.2) is 0 Å². The summed E-state index contributed by atoms with van der Waals surface area (Å²) in [7, 11) is 0. The van der Waals surface area contributed by atoms with Crippen LogP contribution in [0.3, 0.4) is 0 Å². The number of fused-ring (bicyclic) bond motifs is 1. The lowest BCUT2D eigenvalue weighted by Gasteiger charge is -2.20. The van der Waals surface area contributed by atoms with E-state index in [1.54, 1.807) is 11.0 Å². The Morgan fingerprint density at radius 2 is 1.81 bits per heavy atom. The summed E-state index contributed by atoms with van der Waals surface area (Å²) in [6.07, 6.45) is 0. The van der Waals surface area contributed by atoms with Gasteiger partial charge >= 0.3 is 0 Å². The SMILES string of the molecule is CCN(CC)C(=O)c1ccc(Cl)c(-n2c(N)c3c(cc2=O)C(=O)NC3=O)c1. The fourth-order valence-corrected chi connectivity index (χ4v) is 3.24. The van der Waals surface area contributed by atoms with E-state index in [9.17, 15) is 19.2 Å². The van der Waals surface area contributed by atoms with Crippen LogP contribution in [0, 0.1) is 0 Å². The summed E-state index contributed by atoms with van der Waals surface area (Å²) in [6, 6.07) is 5.51. The van der Waals surface area contributed by atoms with E-state index in [2.05, 4.69) is 5.32 Å². The summed E-state index contributed by atoms with van der Waals surface area (Å²) in [4.78, 5) is 50.6. The van der Waals surface area contributed by atoms with Crippen molar-refractivity contribution >= 4 is 35.1 Å². The van der Waals surface area contributed by atoms with Crippen LogP contribution in [0.15, 0.2) is 29.1 Å². The lowest BCUT2D eigenvalue weighted by molar-refractivity contribution is 0.0771. The fraction of sp³-hybridized carbons (Fsp3) is 0.222. The van der Waals surface area contributed by atoms with Crippen molar-refractivity contribution in [2.24, 2.45) is 0 Å². The first-order valence-corrected chi connectivity index (χ1v) is 8.68. The highest BCUT2D eigenvalue weighted by atomic mass is 35.5. The number of nitrogens with zero attached hydrogens (tertiary/aromatic N) is 2. The summed E-state index contributed by atoms with van der Waals surface area (Å²) in [6.45, 7) is 4.76. The van der Waals surface area contributed by atoms with Crippen LogP contribution in [0.2, 0.25) is 5.02 Å². The number of carbonyl (C=O) groups excluding carboxylic acids is 3. The molecule has 1 aliphatic rings. The zero-order valence-electron chi connectivity index (χ0n) is 14.7. The number of imide groups is 1. The predicted octanol–water partition coefficient (Wildman–Crippen LogP) is 1.44. The Hall–Kier alpha value is -3.13. The van der Waals surface area contributed by atoms with Crippen molar-refractivity contribution in [2.75, 3.05) is 18.8 Å². The summed E-state index contributed by atoms with van der Waals surface area (Å²) < 4.78 is 1.03. The van der Waals surface area contributed by atoms with Gasteiger partial charge in [0, 0.05) is 24.7 Å². The molecule has 0 unspecified atom stereocenters. The first-order valence-electron chi connectivity index (χ1n) is 8.30. The fourth-order valence-electron chi connectivity index (χ4n) is 3.04. The molecule has 3 N–H and O–H groups in total. The summed E-state index contributed by atoms with van der Waals surface area (Å²) in [5.41, 5.74) is 5.71. The molecule has 3 rings (SSSR count). The molecule has 1 aliphatic heterocycles. The Balaban J connectivity index is 2.21. The molecule has 0 saturated heterocycles. The second kappa shape index (κ2) is 6.88. The Bertz CT molecular complexity index is 1040. The molecule has 8 nitrogen and oxygen atoms in total. The van der Waals surface area contributed by atoms with E-state index in [1.165, 1.54) is 12.1 Å². The lowest BCUT2D eigenvalue weighted by atomic mass is 10.1. The number of halogens is 1. The van der Waals surface area contributed by atoms with Gasteiger partial charge in [0.1, 0.15) is 5.82 Å². The molecule has 0 spiro atoms. The number of nitrogen functional groups attached to an aromatic ring is 1. The molecule has 1 aromatic carbocycles. The summed E-state index contributed by atoms with van der Waals surface area (Å²) in [5.74, 6) is -1.80. The van der Waals surface area contributed by atoms with E-state index in [4.69, 9.17) is 17.3 Å². The number of nitrogens with one attached hydrogen (secondary N) is 1. The number of aromatic nitrogens is 1. The number of pyridine rings is 1. The highest BCUT2D eigenvalue weighted by molar-refractivity contribution is 6.32. The van der Waals surface area contributed by atoms with Crippen molar-refractivity contribution in [1.29, 1.82) is 0 Å². The maximum absolute atomic E-state index is 12.6. The number of anilines is 1. The molecule has 9 heteroatoms. The number of benzene rings is 1. The van der Waals surface area contributed by atoms with Crippen molar-refractivity contribution in [3.8, 4) is 5.69 Å². The van der Waals surface area contributed by atoms with E-state index in [0.29, 0.717) is 18.7 Å². The Labute approximate surface area is 159 Å².